The van der Waals surface area contributed by atoms with Gasteiger partial charge < -0.3 is 19.9 Å². The van der Waals surface area contributed by atoms with E-state index in [1.165, 1.54) is 20.4 Å². The van der Waals surface area contributed by atoms with Gasteiger partial charge in [-0.25, -0.2) is 0 Å². The standard InChI is InChI=1S/C14H14BrN3O5S/c1-22-9-3-7(8(15)4-10(9)23-2)6-16-18-14-17-13(21)11(24-14)5-12(19)20/h3-4,6,11H,5H2,1-2H3,(H,19,20)(H,17,18,21)/b16-6-/t11-/m0/s1. The first-order valence-electron chi connectivity index (χ1n) is 6.66. The molecule has 8 nitrogen and oxygen atoms in total. The highest BCUT2D eigenvalue weighted by Crippen LogP contribution is 2.32. The number of thioether (sulfide) groups is 1. The molecule has 0 radical (unpaired) electrons. The molecule has 0 bridgehead atoms. The number of carboxylic acids is 1. The minimum absolute atomic E-state index is 0.263. The molecule has 1 heterocycles. The van der Waals surface area contributed by atoms with Crippen molar-refractivity contribution >= 4 is 51.0 Å². The van der Waals surface area contributed by atoms with E-state index in [1.807, 2.05) is 0 Å². The molecule has 1 aromatic carbocycles. The van der Waals surface area contributed by atoms with Gasteiger partial charge >= 0.3 is 5.97 Å². The molecular formula is C14H14BrN3O5S. The van der Waals surface area contributed by atoms with Crippen molar-refractivity contribution in [3.05, 3.63) is 22.2 Å². The molecule has 24 heavy (non-hydrogen) atoms. The van der Waals surface area contributed by atoms with Crippen LogP contribution in [0.2, 0.25) is 0 Å². The Kier molecular flexibility index (Phi) is 6.21. The fourth-order valence-electron chi connectivity index (χ4n) is 1.86. The first-order chi connectivity index (χ1) is 11.4. The SMILES string of the molecule is COc1cc(Br)c(/C=N\N=C2\NC(=O)[C@H](CC(=O)O)S2)cc1OC. The quantitative estimate of drug-likeness (QED) is 0.541. The summed E-state index contributed by atoms with van der Waals surface area (Å²) in [4.78, 5) is 22.3. The van der Waals surface area contributed by atoms with Crippen LogP contribution in [0.1, 0.15) is 12.0 Å². The van der Waals surface area contributed by atoms with Crippen molar-refractivity contribution in [2.75, 3.05) is 14.2 Å². The van der Waals surface area contributed by atoms with Crippen LogP contribution in [-0.2, 0) is 9.59 Å². The largest absolute Gasteiger partial charge is 0.493 e. The molecular weight excluding hydrogens is 402 g/mol. The molecule has 0 aromatic heterocycles. The Bertz CT molecular complexity index is 723. The molecule has 2 rings (SSSR count). The zero-order valence-corrected chi connectivity index (χ0v) is 15.2. The fourth-order valence-corrected chi connectivity index (χ4v) is 3.20. The average Bonchev–Trinajstić information content (AvgIpc) is 2.87. The van der Waals surface area contributed by atoms with E-state index >= 15 is 0 Å². The summed E-state index contributed by atoms with van der Waals surface area (Å²) in [5.41, 5.74) is 0.702. The molecule has 0 saturated carbocycles. The lowest BCUT2D eigenvalue weighted by Crippen LogP contribution is -2.26. The molecule has 1 aliphatic rings. The monoisotopic (exact) mass is 415 g/mol. The lowest BCUT2D eigenvalue weighted by Gasteiger charge is -2.09. The number of amidine groups is 1. The van der Waals surface area contributed by atoms with Gasteiger partial charge in [0.2, 0.25) is 5.91 Å². The summed E-state index contributed by atoms with van der Waals surface area (Å²) in [6.45, 7) is 0. The number of benzene rings is 1. The van der Waals surface area contributed by atoms with Gasteiger partial charge in [0.1, 0.15) is 5.25 Å². The first kappa shape index (κ1) is 18.3. The van der Waals surface area contributed by atoms with Crippen LogP contribution in [0.25, 0.3) is 0 Å². The van der Waals surface area contributed by atoms with Crippen molar-refractivity contribution in [2.24, 2.45) is 10.2 Å². The van der Waals surface area contributed by atoms with Crippen LogP contribution >= 0.6 is 27.7 Å². The number of carbonyl (C=O) groups excluding carboxylic acids is 1. The van der Waals surface area contributed by atoms with E-state index in [2.05, 4.69) is 31.4 Å². The number of ether oxygens (including phenoxy) is 2. The zero-order valence-electron chi connectivity index (χ0n) is 12.8. The second-order valence-electron chi connectivity index (χ2n) is 4.57. The van der Waals surface area contributed by atoms with Gasteiger partial charge in [-0.2, -0.15) is 5.10 Å². The first-order valence-corrected chi connectivity index (χ1v) is 8.33. The molecule has 1 fully saturated rings. The Labute approximate surface area is 150 Å². The van der Waals surface area contributed by atoms with Gasteiger partial charge in [0.25, 0.3) is 0 Å². The van der Waals surface area contributed by atoms with E-state index in [-0.39, 0.29) is 17.5 Å². The van der Waals surface area contributed by atoms with E-state index < -0.39 is 11.2 Å². The van der Waals surface area contributed by atoms with Gasteiger partial charge in [0.05, 0.1) is 26.9 Å². The van der Waals surface area contributed by atoms with Gasteiger partial charge in [0.15, 0.2) is 16.7 Å². The molecule has 1 amide bonds. The van der Waals surface area contributed by atoms with Crippen molar-refractivity contribution < 1.29 is 24.2 Å². The Morgan fingerprint density at radius 1 is 1.42 bits per heavy atom. The highest BCUT2D eigenvalue weighted by molar-refractivity contribution is 9.10. The number of carbonyl (C=O) groups is 2. The molecule has 1 aliphatic heterocycles. The van der Waals surface area contributed by atoms with Gasteiger partial charge in [-0.1, -0.05) is 11.8 Å². The second kappa shape index (κ2) is 8.15. The topological polar surface area (TPSA) is 110 Å². The molecule has 10 heteroatoms. The van der Waals surface area contributed by atoms with E-state index in [0.29, 0.717) is 17.1 Å². The van der Waals surface area contributed by atoms with Gasteiger partial charge in [-0.05, 0) is 28.1 Å². The number of nitrogens with one attached hydrogen (secondary N) is 1. The van der Waals surface area contributed by atoms with Crippen LogP contribution in [0, 0.1) is 0 Å². The molecule has 0 aliphatic carbocycles. The van der Waals surface area contributed by atoms with E-state index in [4.69, 9.17) is 14.6 Å². The predicted octanol–water partition coefficient (Wildman–Crippen LogP) is 1.86. The van der Waals surface area contributed by atoms with Crippen molar-refractivity contribution in [1.82, 2.24) is 5.32 Å². The number of hydrogen-bond donors (Lipinski definition) is 2. The number of methoxy groups -OCH3 is 2. The van der Waals surface area contributed by atoms with Crippen LogP contribution in [0.15, 0.2) is 26.8 Å². The van der Waals surface area contributed by atoms with Crippen LogP contribution in [-0.4, -0.2) is 47.8 Å². The van der Waals surface area contributed by atoms with Crippen molar-refractivity contribution in [1.29, 1.82) is 0 Å². The zero-order chi connectivity index (χ0) is 17.7. The maximum Gasteiger partial charge on any atom is 0.305 e. The second-order valence-corrected chi connectivity index (χ2v) is 6.62. The molecule has 128 valence electrons. The number of rotatable bonds is 6. The molecule has 1 saturated heterocycles. The van der Waals surface area contributed by atoms with Crippen LogP contribution < -0.4 is 14.8 Å². The van der Waals surface area contributed by atoms with Crippen LogP contribution in [0.5, 0.6) is 11.5 Å². The Balaban J connectivity index is 2.12. The number of nitrogens with zero attached hydrogens (tertiary/aromatic N) is 2. The predicted molar refractivity (Wildman–Crippen MR) is 94.0 cm³/mol. The summed E-state index contributed by atoms with van der Waals surface area (Å²) in [5.74, 6) is -0.312. The summed E-state index contributed by atoms with van der Waals surface area (Å²) in [7, 11) is 3.07. The van der Waals surface area contributed by atoms with E-state index in [1.54, 1.807) is 12.1 Å². The minimum atomic E-state index is -1.04. The minimum Gasteiger partial charge on any atom is -0.493 e. The highest BCUT2D eigenvalue weighted by atomic mass is 79.9. The van der Waals surface area contributed by atoms with Gasteiger partial charge in [-0.3, -0.25) is 9.59 Å². The highest BCUT2D eigenvalue weighted by Gasteiger charge is 2.32. The van der Waals surface area contributed by atoms with Gasteiger partial charge in [0, 0.05) is 10.0 Å². The van der Waals surface area contributed by atoms with Crippen molar-refractivity contribution in [3.8, 4) is 11.5 Å². The van der Waals surface area contributed by atoms with Gasteiger partial charge in [-0.15, -0.1) is 5.10 Å². The third-order valence-electron chi connectivity index (χ3n) is 2.98. The third kappa shape index (κ3) is 4.48. The number of aliphatic carboxylic acids is 1. The molecule has 1 atom stereocenters. The van der Waals surface area contributed by atoms with Crippen molar-refractivity contribution in [2.45, 2.75) is 11.7 Å². The summed E-state index contributed by atoms with van der Waals surface area (Å²) in [6, 6.07) is 3.46. The Hall–Kier alpha value is -2.07. The van der Waals surface area contributed by atoms with Crippen molar-refractivity contribution in [3.63, 3.8) is 0 Å². The summed E-state index contributed by atoms with van der Waals surface area (Å²) in [6.07, 6.45) is 1.22. The number of carboxylic acid groups (broad SMARTS) is 1. The summed E-state index contributed by atoms with van der Waals surface area (Å²) in [5, 5.41) is 18.6. The number of hydrogen-bond acceptors (Lipinski definition) is 7. The third-order valence-corrected chi connectivity index (χ3v) is 4.74. The smallest absolute Gasteiger partial charge is 0.305 e. The average molecular weight is 416 g/mol. The lowest BCUT2D eigenvalue weighted by atomic mass is 10.2. The van der Waals surface area contributed by atoms with E-state index in [0.717, 1.165) is 16.2 Å². The Morgan fingerprint density at radius 2 is 2.08 bits per heavy atom. The number of amides is 1. The summed E-state index contributed by atoms with van der Waals surface area (Å²) >= 11 is 4.43. The van der Waals surface area contributed by atoms with Crippen LogP contribution in [0.3, 0.4) is 0 Å². The molecule has 2 N–H and O–H groups in total. The molecule has 0 unspecified atom stereocenters. The maximum absolute atomic E-state index is 11.6. The van der Waals surface area contributed by atoms with E-state index in [9.17, 15) is 9.59 Å². The fraction of sp³-hybridized carbons (Fsp3) is 0.286. The molecule has 1 aromatic rings. The molecule has 0 spiro atoms. The number of halogens is 1. The normalized spacial score (nSPS) is 18.9. The van der Waals surface area contributed by atoms with Crippen LogP contribution in [0.4, 0.5) is 0 Å². The summed E-state index contributed by atoms with van der Waals surface area (Å²) < 4.78 is 11.1. The Morgan fingerprint density at radius 3 is 2.71 bits per heavy atom. The lowest BCUT2D eigenvalue weighted by molar-refractivity contribution is -0.138. The maximum atomic E-state index is 11.6.